The topological polar surface area (TPSA) is 49.3 Å². The molecule has 2 N–H and O–H groups in total. The molecule has 0 spiro atoms. The SMILES string of the molecule is CC/C=C\C(=O)Nc1cccc(C)c1.CO. The van der Waals surface area contributed by atoms with Gasteiger partial charge in [0.1, 0.15) is 0 Å². The summed E-state index contributed by atoms with van der Waals surface area (Å²) in [5.41, 5.74) is 1.98. The van der Waals surface area contributed by atoms with Crippen LogP contribution in [0, 0.1) is 6.92 Å². The van der Waals surface area contributed by atoms with Gasteiger partial charge in [-0.1, -0.05) is 25.1 Å². The van der Waals surface area contributed by atoms with Gasteiger partial charge in [0.15, 0.2) is 0 Å². The number of carbonyl (C=O) groups excluding carboxylic acids is 1. The lowest BCUT2D eigenvalue weighted by molar-refractivity contribution is -0.111. The van der Waals surface area contributed by atoms with Crippen LogP contribution in [0.15, 0.2) is 36.4 Å². The fourth-order valence-electron chi connectivity index (χ4n) is 1.13. The van der Waals surface area contributed by atoms with E-state index in [9.17, 15) is 4.79 Å². The first-order chi connectivity index (χ1) is 7.72. The van der Waals surface area contributed by atoms with Crippen molar-refractivity contribution in [1.29, 1.82) is 0 Å². The van der Waals surface area contributed by atoms with Crippen LogP contribution >= 0.6 is 0 Å². The zero-order valence-corrected chi connectivity index (χ0v) is 10.0. The molecule has 16 heavy (non-hydrogen) atoms. The number of hydrogen-bond acceptors (Lipinski definition) is 2. The molecule has 0 bridgehead atoms. The zero-order chi connectivity index (χ0) is 12.4. The minimum Gasteiger partial charge on any atom is -0.400 e. The molecule has 88 valence electrons. The van der Waals surface area contributed by atoms with Crippen LogP contribution in [0.4, 0.5) is 5.69 Å². The molecule has 0 fully saturated rings. The van der Waals surface area contributed by atoms with Gasteiger partial charge in [0, 0.05) is 12.8 Å². The van der Waals surface area contributed by atoms with Gasteiger partial charge >= 0.3 is 0 Å². The van der Waals surface area contributed by atoms with E-state index < -0.39 is 0 Å². The highest BCUT2D eigenvalue weighted by molar-refractivity contribution is 5.99. The van der Waals surface area contributed by atoms with Gasteiger partial charge in [0.25, 0.3) is 0 Å². The highest BCUT2D eigenvalue weighted by Crippen LogP contribution is 2.09. The van der Waals surface area contributed by atoms with E-state index in [1.165, 1.54) is 0 Å². The van der Waals surface area contributed by atoms with Crippen molar-refractivity contribution in [3.63, 3.8) is 0 Å². The number of rotatable bonds is 3. The van der Waals surface area contributed by atoms with Crippen molar-refractivity contribution >= 4 is 11.6 Å². The number of aliphatic hydroxyl groups is 1. The predicted octanol–water partition coefficient (Wildman–Crippen LogP) is 2.51. The highest BCUT2D eigenvalue weighted by atomic mass is 16.2. The molecule has 0 atom stereocenters. The second-order valence-electron chi connectivity index (χ2n) is 3.17. The van der Waals surface area contributed by atoms with Crippen LogP contribution < -0.4 is 5.32 Å². The maximum atomic E-state index is 11.3. The number of hydrogen-bond donors (Lipinski definition) is 2. The summed E-state index contributed by atoms with van der Waals surface area (Å²) >= 11 is 0. The molecule has 0 aliphatic rings. The molecule has 3 heteroatoms. The summed E-state index contributed by atoms with van der Waals surface area (Å²) in [6.07, 6.45) is 4.27. The molecule has 1 aromatic rings. The maximum absolute atomic E-state index is 11.3. The Labute approximate surface area is 96.8 Å². The number of aliphatic hydroxyl groups excluding tert-OH is 1. The molecule has 0 aliphatic carbocycles. The molecular formula is C13H19NO2. The summed E-state index contributed by atoms with van der Waals surface area (Å²) in [5.74, 6) is -0.0718. The van der Waals surface area contributed by atoms with Crippen LogP contribution in [0.1, 0.15) is 18.9 Å². The van der Waals surface area contributed by atoms with Crippen LogP contribution in [0.3, 0.4) is 0 Å². The summed E-state index contributed by atoms with van der Waals surface area (Å²) in [4.78, 5) is 11.3. The van der Waals surface area contributed by atoms with Crippen LogP contribution in [-0.2, 0) is 4.79 Å². The molecule has 1 amide bonds. The Morgan fingerprint density at radius 1 is 1.44 bits per heavy atom. The Morgan fingerprint density at radius 3 is 2.69 bits per heavy atom. The molecule has 0 saturated heterocycles. The fourth-order valence-corrected chi connectivity index (χ4v) is 1.13. The monoisotopic (exact) mass is 221 g/mol. The normalized spacial score (nSPS) is 9.50. The number of amides is 1. The molecule has 0 radical (unpaired) electrons. The Hall–Kier alpha value is -1.61. The first-order valence-corrected chi connectivity index (χ1v) is 5.21. The molecule has 1 rings (SSSR count). The largest absolute Gasteiger partial charge is 0.400 e. The molecule has 0 aromatic heterocycles. The van der Waals surface area contributed by atoms with Gasteiger partial charge in [-0.2, -0.15) is 0 Å². The molecule has 0 unspecified atom stereocenters. The third-order valence-corrected chi connectivity index (χ3v) is 1.79. The lowest BCUT2D eigenvalue weighted by atomic mass is 10.2. The Kier molecular flexibility index (Phi) is 7.81. The van der Waals surface area contributed by atoms with Crippen molar-refractivity contribution in [2.45, 2.75) is 20.3 Å². The Morgan fingerprint density at radius 2 is 2.12 bits per heavy atom. The predicted molar refractivity (Wildman–Crippen MR) is 67.4 cm³/mol. The number of anilines is 1. The fraction of sp³-hybridized carbons (Fsp3) is 0.308. The molecule has 3 nitrogen and oxygen atoms in total. The van der Waals surface area contributed by atoms with Crippen LogP contribution in [0.5, 0.6) is 0 Å². The Bertz CT molecular complexity index is 346. The van der Waals surface area contributed by atoms with Crippen molar-refractivity contribution in [1.82, 2.24) is 0 Å². The van der Waals surface area contributed by atoms with Crippen LogP contribution in [0.25, 0.3) is 0 Å². The molecule has 0 saturated carbocycles. The number of nitrogens with one attached hydrogen (secondary N) is 1. The number of aryl methyl sites for hydroxylation is 1. The van der Waals surface area contributed by atoms with Gasteiger partial charge < -0.3 is 10.4 Å². The van der Waals surface area contributed by atoms with Crippen LogP contribution in [-0.4, -0.2) is 18.1 Å². The molecule has 1 aromatic carbocycles. The maximum Gasteiger partial charge on any atom is 0.248 e. The zero-order valence-electron chi connectivity index (χ0n) is 10.0. The van der Waals surface area contributed by atoms with E-state index in [0.717, 1.165) is 24.8 Å². The minimum absolute atomic E-state index is 0.0718. The smallest absolute Gasteiger partial charge is 0.248 e. The lowest BCUT2D eigenvalue weighted by Crippen LogP contribution is -2.07. The van der Waals surface area contributed by atoms with E-state index in [0.29, 0.717) is 0 Å². The van der Waals surface area contributed by atoms with Crippen molar-refractivity contribution in [3.05, 3.63) is 42.0 Å². The van der Waals surface area contributed by atoms with Gasteiger partial charge in [-0.25, -0.2) is 0 Å². The number of carbonyl (C=O) groups is 1. The summed E-state index contributed by atoms with van der Waals surface area (Å²) in [5, 5.41) is 9.79. The summed E-state index contributed by atoms with van der Waals surface area (Å²) in [7, 11) is 1.00. The van der Waals surface area contributed by atoms with E-state index in [1.807, 2.05) is 44.2 Å². The van der Waals surface area contributed by atoms with Crippen molar-refractivity contribution in [2.75, 3.05) is 12.4 Å². The second kappa shape index (κ2) is 8.68. The molecular weight excluding hydrogens is 202 g/mol. The van der Waals surface area contributed by atoms with E-state index >= 15 is 0 Å². The first-order valence-electron chi connectivity index (χ1n) is 5.21. The standard InChI is InChI=1S/C12H15NO.CH4O/c1-3-4-8-12(14)13-11-7-5-6-10(2)9-11;1-2/h4-9H,3H2,1-2H3,(H,13,14);2H,1H3/b8-4-;. The van der Waals surface area contributed by atoms with Gasteiger partial charge in [0.2, 0.25) is 5.91 Å². The van der Waals surface area contributed by atoms with E-state index in [-0.39, 0.29) is 5.91 Å². The second-order valence-corrected chi connectivity index (χ2v) is 3.17. The average Bonchev–Trinajstić information content (AvgIpc) is 2.29. The van der Waals surface area contributed by atoms with Gasteiger partial charge in [-0.05, 0) is 37.1 Å². The van der Waals surface area contributed by atoms with Gasteiger partial charge in [-0.3, -0.25) is 4.79 Å². The van der Waals surface area contributed by atoms with Gasteiger partial charge in [-0.15, -0.1) is 0 Å². The first kappa shape index (κ1) is 14.4. The van der Waals surface area contributed by atoms with Crippen molar-refractivity contribution in [3.8, 4) is 0 Å². The third-order valence-electron chi connectivity index (χ3n) is 1.79. The Balaban J connectivity index is 0.00000106. The third kappa shape index (κ3) is 5.98. The molecule has 0 heterocycles. The van der Waals surface area contributed by atoms with E-state index in [2.05, 4.69) is 5.32 Å². The van der Waals surface area contributed by atoms with Gasteiger partial charge in [0.05, 0.1) is 0 Å². The summed E-state index contributed by atoms with van der Waals surface area (Å²) in [6.45, 7) is 3.99. The number of allylic oxidation sites excluding steroid dienone is 1. The molecule has 0 aliphatic heterocycles. The highest BCUT2D eigenvalue weighted by Gasteiger charge is 1.96. The van der Waals surface area contributed by atoms with Crippen molar-refractivity contribution in [2.24, 2.45) is 0 Å². The van der Waals surface area contributed by atoms with E-state index in [4.69, 9.17) is 5.11 Å². The van der Waals surface area contributed by atoms with Crippen molar-refractivity contribution < 1.29 is 9.90 Å². The van der Waals surface area contributed by atoms with Crippen LogP contribution in [0.2, 0.25) is 0 Å². The number of benzene rings is 1. The summed E-state index contributed by atoms with van der Waals surface area (Å²) in [6, 6.07) is 7.74. The quantitative estimate of drug-likeness (QED) is 0.770. The summed E-state index contributed by atoms with van der Waals surface area (Å²) < 4.78 is 0. The average molecular weight is 221 g/mol. The lowest BCUT2D eigenvalue weighted by Gasteiger charge is -2.02. The minimum atomic E-state index is -0.0718. The van der Waals surface area contributed by atoms with E-state index in [1.54, 1.807) is 6.08 Å².